The number of anilines is 1. The molecule has 0 bridgehead atoms. The van der Waals surface area contributed by atoms with Crippen LogP contribution in [-0.2, 0) is 32.6 Å². The first-order valence-corrected chi connectivity index (χ1v) is 16.3. The minimum atomic E-state index is -4.21. The molecular formula is C34H35Cl2N3O4S. The van der Waals surface area contributed by atoms with Gasteiger partial charge in [-0.3, -0.25) is 13.9 Å². The van der Waals surface area contributed by atoms with Gasteiger partial charge < -0.3 is 10.2 Å². The summed E-state index contributed by atoms with van der Waals surface area (Å²) in [4.78, 5) is 29.8. The molecule has 0 saturated heterocycles. The predicted octanol–water partition coefficient (Wildman–Crippen LogP) is 6.74. The Kier molecular flexibility index (Phi) is 10.7. The smallest absolute Gasteiger partial charge is 0.264 e. The Morgan fingerprint density at radius 2 is 1.43 bits per heavy atom. The molecule has 230 valence electrons. The SMILES string of the molecule is CC(C)(C)NC(=O)[C@@H](Cc1ccccc1)N(Cc1ccccc1Cl)C(=O)CN(c1cccc(Cl)c1)S(=O)(=O)c1ccccc1. The van der Waals surface area contributed by atoms with Crippen LogP contribution >= 0.6 is 23.2 Å². The number of benzene rings is 4. The molecule has 0 aliphatic rings. The van der Waals surface area contributed by atoms with Gasteiger partial charge in [0.1, 0.15) is 12.6 Å². The normalized spacial score (nSPS) is 12.3. The van der Waals surface area contributed by atoms with E-state index in [-0.39, 0.29) is 29.5 Å². The summed E-state index contributed by atoms with van der Waals surface area (Å²) >= 11 is 12.8. The number of hydrogen-bond donors (Lipinski definition) is 1. The fourth-order valence-corrected chi connectivity index (χ4v) is 6.50. The molecule has 1 N–H and O–H groups in total. The van der Waals surface area contributed by atoms with Crippen molar-refractivity contribution in [2.75, 3.05) is 10.8 Å². The maximum atomic E-state index is 14.5. The van der Waals surface area contributed by atoms with Crippen LogP contribution < -0.4 is 9.62 Å². The van der Waals surface area contributed by atoms with Crippen LogP contribution in [0.5, 0.6) is 0 Å². The van der Waals surface area contributed by atoms with Crippen molar-refractivity contribution in [3.8, 4) is 0 Å². The first-order valence-electron chi connectivity index (χ1n) is 14.1. The van der Waals surface area contributed by atoms with Gasteiger partial charge in [0.2, 0.25) is 11.8 Å². The quantitative estimate of drug-likeness (QED) is 0.194. The fourth-order valence-electron chi connectivity index (χ4n) is 4.70. The van der Waals surface area contributed by atoms with Gasteiger partial charge >= 0.3 is 0 Å². The number of carbonyl (C=O) groups is 2. The molecule has 1 atom stereocenters. The maximum Gasteiger partial charge on any atom is 0.264 e. The molecule has 44 heavy (non-hydrogen) atoms. The molecule has 0 heterocycles. The van der Waals surface area contributed by atoms with Crippen molar-refractivity contribution < 1.29 is 18.0 Å². The van der Waals surface area contributed by atoms with Crippen LogP contribution in [0.4, 0.5) is 5.69 Å². The van der Waals surface area contributed by atoms with Crippen LogP contribution in [0.25, 0.3) is 0 Å². The van der Waals surface area contributed by atoms with Crippen molar-refractivity contribution in [2.24, 2.45) is 0 Å². The van der Waals surface area contributed by atoms with E-state index in [2.05, 4.69) is 5.32 Å². The van der Waals surface area contributed by atoms with Crippen LogP contribution in [0.1, 0.15) is 31.9 Å². The highest BCUT2D eigenvalue weighted by atomic mass is 35.5. The lowest BCUT2D eigenvalue weighted by molar-refractivity contribution is -0.140. The van der Waals surface area contributed by atoms with Crippen molar-refractivity contribution in [3.63, 3.8) is 0 Å². The molecule has 0 unspecified atom stereocenters. The van der Waals surface area contributed by atoms with Crippen molar-refractivity contribution in [1.29, 1.82) is 0 Å². The summed E-state index contributed by atoms with van der Waals surface area (Å²) in [6, 6.07) is 29.6. The third kappa shape index (κ3) is 8.62. The lowest BCUT2D eigenvalue weighted by atomic mass is 10.0. The third-order valence-electron chi connectivity index (χ3n) is 6.77. The van der Waals surface area contributed by atoms with Crippen molar-refractivity contribution in [2.45, 2.75) is 50.2 Å². The second-order valence-electron chi connectivity index (χ2n) is 11.4. The standard InChI is InChI=1S/C34H35Cl2N3O4S/c1-34(2,3)37-33(41)31(21-25-13-6-4-7-14-25)38(23-26-15-10-11-20-30(26)36)32(40)24-39(28-17-12-16-27(35)22-28)44(42,43)29-18-8-5-9-19-29/h4-20,22,31H,21,23-24H2,1-3H3,(H,37,41)/t31-/m1/s1. The van der Waals surface area contributed by atoms with E-state index >= 15 is 0 Å². The molecule has 0 fully saturated rings. The summed E-state index contributed by atoms with van der Waals surface area (Å²) in [5.74, 6) is -0.962. The highest BCUT2D eigenvalue weighted by molar-refractivity contribution is 7.92. The van der Waals surface area contributed by atoms with Gasteiger partial charge in [-0.25, -0.2) is 8.42 Å². The van der Waals surface area contributed by atoms with E-state index in [9.17, 15) is 18.0 Å². The van der Waals surface area contributed by atoms with Gasteiger partial charge in [0.15, 0.2) is 0 Å². The molecule has 0 aliphatic carbocycles. The topological polar surface area (TPSA) is 86.8 Å². The molecule has 0 saturated carbocycles. The van der Waals surface area contributed by atoms with Crippen LogP contribution in [0, 0.1) is 0 Å². The lowest BCUT2D eigenvalue weighted by Gasteiger charge is -2.35. The number of amides is 2. The number of rotatable bonds is 11. The van der Waals surface area contributed by atoms with Gasteiger partial charge in [-0.2, -0.15) is 0 Å². The maximum absolute atomic E-state index is 14.5. The van der Waals surface area contributed by atoms with Crippen molar-refractivity contribution >= 4 is 50.7 Å². The predicted molar refractivity (Wildman–Crippen MR) is 176 cm³/mol. The number of nitrogens with one attached hydrogen (secondary N) is 1. The van der Waals surface area contributed by atoms with Gasteiger partial charge in [0.05, 0.1) is 10.6 Å². The van der Waals surface area contributed by atoms with Gasteiger partial charge in [-0.15, -0.1) is 0 Å². The zero-order chi connectivity index (χ0) is 31.9. The Bertz CT molecular complexity index is 1690. The molecule has 0 aliphatic heterocycles. The Labute approximate surface area is 269 Å². The summed E-state index contributed by atoms with van der Waals surface area (Å²) in [6.07, 6.45) is 0.196. The second kappa shape index (κ2) is 14.3. The molecule has 0 aromatic heterocycles. The van der Waals surface area contributed by atoms with Gasteiger partial charge in [0.25, 0.3) is 10.0 Å². The minimum absolute atomic E-state index is 0.0109. The van der Waals surface area contributed by atoms with Gasteiger partial charge in [0, 0.05) is 28.5 Å². The largest absolute Gasteiger partial charge is 0.350 e. The Hall–Kier alpha value is -3.85. The van der Waals surface area contributed by atoms with E-state index < -0.39 is 34.1 Å². The molecule has 7 nitrogen and oxygen atoms in total. The zero-order valence-electron chi connectivity index (χ0n) is 24.8. The first kappa shape index (κ1) is 33.1. The molecular weight excluding hydrogens is 617 g/mol. The molecule has 2 amide bonds. The highest BCUT2D eigenvalue weighted by Crippen LogP contribution is 2.28. The van der Waals surface area contributed by atoms with E-state index in [1.165, 1.54) is 23.1 Å². The fraction of sp³-hybridized carbons (Fsp3) is 0.235. The van der Waals surface area contributed by atoms with E-state index in [0.717, 1.165) is 9.87 Å². The van der Waals surface area contributed by atoms with Gasteiger partial charge in [-0.05, 0) is 68.3 Å². The first-order chi connectivity index (χ1) is 20.8. The monoisotopic (exact) mass is 651 g/mol. The number of halogens is 2. The number of carbonyl (C=O) groups excluding carboxylic acids is 2. The zero-order valence-corrected chi connectivity index (χ0v) is 27.1. The number of sulfonamides is 1. The average Bonchev–Trinajstić information content (AvgIpc) is 2.98. The molecule has 4 aromatic rings. The van der Waals surface area contributed by atoms with Crippen LogP contribution in [0.15, 0.2) is 114 Å². The van der Waals surface area contributed by atoms with Crippen LogP contribution in [0.2, 0.25) is 10.0 Å². The number of nitrogens with zero attached hydrogens (tertiary/aromatic N) is 2. The summed E-state index contributed by atoms with van der Waals surface area (Å²) in [6.45, 7) is 4.96. The molecule has 10 heteroatoms. The summed E-state index contributed by atoms with van der Waals surface area (Å²) < 4.78 is 29.0. The van der Waals surface area contributed by atoms with E-state index in [4.69, 9.17) is 23.2 Å². The van der Waals surface area contributed by atoms with Crippen molar-refractivity contribution in [1.82, 2.24) is 10.2 Å². The van der Waals surface area contributed by atoms with Crippen LogP contribution in [-0.4, -0.2) is 43.3 Å². The highest BCUT2D eigenvalue weighted by Gasteiger charge is 2.35. The Morgan fingerprint density at radius 1 is 0.818 bits per heavy atom. The summed E-state index contributed by atoms with van der Waals surface area (Å²) in [5, 5.41) is 3.74. The molecule has 4 aromatic carbocycles. The third-order valence-corrected chi connectivity index (χ3v) is 9.17. The summed E-state index contributed by atoms with van der Waals surface area (Å²) in [5.41, 5.74) is 1.08. The summed E-state index contributed by atoms with van der Waals surface area (Å²) in [7, 11) is -4.21. The van der Waals surface area contributed by atoms with E-state index in [0.29, 0.717) is 15.6 Å². The van der Waals surface area contributed by atoms with Crippen LogP contribution in [0.3, 0.4) is 0 Å². The second-order valence-corrected chi connectivity index (χ2v) is 14.1. The number of hydrogen-bond acceptors (Lipinski definition) is 4. The molecule has 0 radical (unpaired) electrons. The van der Waals surface area contributed by atoms with Gasteiger partial charge in [-0.1, -0.05) is 96.0 Å². The Balaban J connectivity index is 1.82. The molecule has 0 spiro atoms. The van der Waals surface area contributed by atoms with Crippen molar-refractivity contribution in [3.05, 3.63) is 130 Å². The lowest BCUT2D eigenvalue weighted by Crippen LogP contribution is -2.56. The van der Waals surface area contributed by atoms with E-state index in [1.54, 1.807) is 60.7 Å². The minimum Gasteiger partial charge on any atom is -0.350 e. The van der Waals surface area contributed by atoms with E-state index in [1.807, 2.05) is 51.1 Å². The molecule has 4 rings (SSSR count). The average molecular weight is 653 g/mol. The Morgan fingerprint density at radius 3 is 2.05 bits per heavy atom.